The Morgan fingerprint density at radius 3 is 2.66 bits per heavy atom. The van der Waals surface area contributed by atoms with Crippen LogP contribution in [0.3, 0.4) is 0 Å². The van der Waals surface area contributed by atoms with Gasteiger partial charge in [0.05, 0.1) is 17.1 Å². The molecule has 0 fully saturated rings. The Kier molecular flexibility index (Phi) is 5.35. The third-order valence-corrected chi connectivity index (χ3v) is 5.66. The Morgan fingerprint density at radius 1 is 1.10 bits per heavy atom. The van der Waals surface area contributed by atoms with Gasteiger partial charge in [-0.05, 0) is 43.4 Å². The first-order valence-corrected chi connectivity index (χ1v) is 10.6. The first kappa shape index (κ1) is 19.2. The summed E-state index contributed by atoms with van der Waals surface area (Å²) in [5.74, 6) is 0. The van der Waals surface area contributed by atoms with Gasteiger partial charge in [0.15, 0.2) is 0 Å². The van der Waals surface area contributed by atoms with Crippen molar-refractivity contribution in [2.75, 3.05) is 0 Å². The predicted molar refractivity (Wildman–Crippen MR) is 128 cm³/mol. The van der Waals surface area contributed by atoms with Crippen molar-refractivity contribution in [1.82, 2.24) is 9.55 Å². The van der Waals surface area contributed by atoms with Crippen LogP contribution in [0.25, 0.3) is 44.7 Å². The molecule has 2 heterocycles. The highest BCUT2D eigenvalue weighted by molar-refractivity contribution is 6.18. The molecule has 2 nitrogen and oxygen atoms in total. The molecular weight excluding hydrogens is 352 g/mol. The van der Waals surface area contributed by atoms with Gasteiger partial charge in [-0.2, -0.15) is 0 Å². The van der Waals surface area contributed by atoms with Crippen molar-refractivity contribution >= 4 is 44.7 Å². The van der Waals surface area contributed by atoms with Gasteiger partial charge >= 0.3 is 0 Å². The van der Waals surface area contributed by atoms with E-state index in [1.165, 1.54) is 38.3 Å². The van der Waals surface area contributed by atoms with Crippen LogP contribution < -0.4 is 0 Å². The lowest BCUT2D eigenvalue weighted by molar-refractivity contribution is 0.606. The van der Waals surface area contributed by atoms with Crippen molar-refractivity contribution in [3.63, 3.8) is 0 Å². The van der Waals surface area contributed by atoms with E-state index in [0.29, 0.717) is 6.04 Å². The number of hydrogen-bond acceptors (Lipinski definition) is 1. The van der Waals surface area contributed by atoms with E-state index in [0.717, 1.165) is 18.4 Å². The average molecular weight is 381 g/mol. The summed E-state index contributed by atoms with van der Waals surface area (Å²) < 4.78 is 2.46. The van der Waals surface area contributed by atoms with Crippen LogP contribution in [0.4, 0.5) is 0 Å². The molecule has 0 saturated carbocycles. The maximum atomic E-state index is 4.66. The van der Waals surface area contributed by atoms with Crippen LogP contribution in [0, 0.1) is 0 Å². The number of nitrogens with zero attached hydrogens (tertiary/aromatic N) is 2. The van der Waals surface area contributed by atoms with Gasteiger partial charge in [-0.15, -0.1) is 0 Å². The minimum absolute atomic E-state index is 0.399. The summed E-state index contributed by atoms with van der Waals surface area (Å²) in [6.07, 6.45) is 15.1. The smallest absolute Gasteiger partial charge is 0.0780 e. The van der Waals surface area contributed by atoms with E-state index in [1.807, 2.05) is 32.2 Å². The second kappa shape index (κ2) is 8.08. The molecule has 0 aliphatic heterocycles. The van der Waals surface area contributed by atoms with Crippen molar-refractivity contribution in [3.8, 4) is 0 Å². The van der Waals surface area contributed by atoms with Crippen molar-refractivity contribution < 1.29 is 0 Å². The van der Waals surface area contributed by atoms with E-state index in [-0.39, 0.29) is 0 Å². The molecule has 0 bridgehead atoms. The van der Waals surface area contributed by atoms with Crippen LogP contribution in [0.5, 0.6) is 0 Å². The average Bonchev–Trinajstić information content (AvgIpc) is 3.41. The van der Waals surface area contributed by atoms with Gasteiger partial charge in [-0.25, -0.2) is 0 Å². The van der Waals surface area contributed by atoms with E-state index in [2.05, 4.69) is 77.7 Å². The molecular formula is C27H28N2. The van der Waals surface area contributed by atoms with Crippen LogP contribution in [0.2, 0.25) is 0 Å². The predicted octanol–water partition coefficient (Wildman–Crippen LogP) is 7.94. The molecule has 5 rings (SSSR count). The summed E-state index contributed by atoms with van der Waals surface area (Å²) >= 11 is 0. The maximum Gasteiger partial charge on any atom is 0.0780 e. The molecule has 1 atom stereocenters. The van der Waals surface area contributed by atoms with E-state index >= 15 is 0 Å². The highest BCUT2D eigenvalue weighted by Crippen LogP contribution is 2.40. The fourth-order valence-electron chi connectivity index (χ4n) is 4.54. The normalized spacial score (nSPS) is 16.0. The Morgan fingerprint density at radius 2 is 1.93 bits per heavy atom. The summed E-state index contributed by atoms with van der Waals surface area (Å²) in [5, 5.41) is 4.95. The maximum absolute atomic E-state index is 4.66. The Hall–Kier alpha value is -3.13. The van der Waals surface area contributed by atoms with Crippen LogP contribution in [-0.2, 0) is 0 Å². The Bertz CT molecular complexity index is 1250. The monoisotopic (exact) mass is 380 g/mol. The van der Waals surface area contributed by atoms with Crippen LogP contribution in [0.1, 0.15) is 50.9 Å². The topological polar surface area (TPSA) is 17.8 Å². The molecule has 0 spiro atoms. The zero-order valence-corrected chi connectivity index (χ0v) is 17.5. The molecule has 2 aromatic heterocycles. The van der Waals surface area contributed by atoms with E-state index < -0.39 is 0 Å². The minimum atomic E-state index is 0.399. The lowest BCUT2D eigenvalue weighted by Gasteiger charge is -2.15. The van der Waals surface area contributed by atoms with Crippen molar-refractivity contribution in [1.29, 1.82) is 0 Å². The van der Waals surface area contributed by atoms with Gasteiger partial charge < -0.3 is 4.57 Å². The molecule has 2 aromatic carbocycles. The molecule has 0 radical (unpaired) electrons. The van der Waals surface area contributed by atoms with Gasteiger partial charge in [-0.3, -0.25) is 4.98 Å². The summed E-state index contributed by atoms with van der Waals surface area (Å²) in [4.78, 5) is 4.66. The summed E-state index contributed by atoms with van der Waals surface area (Å²) in [6, 6.07) is 13.4. The summed E-state index contributed by atoms with van der Waals surface area (Å²) in [6.45, 7) is 10.2. The quantitative estimate of drug-likeness (QED) is 0.260. The SMILES string of the molecule is C=Cc1c(/C=C\C)c2c3ccc4cccnc4c3ccc2n1C1C=CCC1.CC. The largest absolute Gasteiger partial charge is 0.333 e. The molecule has 0 N–H and O–H groups in total. The van der Waals surface area contributed by atoms with Crippen LogP contribution >= 0.6 is 0 Å². The van der Waals surface area contributed by atoms with Crippen molar-refractivity contribution in [3.05, 3.63) is 78.7 Å². The Labute approximate surface area is 172 Å². The van der Waals surface area contributed by atoms with Gasteiger partial charge in [-0.1, -0.05) is 69.0 Å². The molecule has 4 aromatic rings. The molecule has 1 aliphatic carbocycles. The zero-order valence-electron chi connectivity index (χ0n) is 17.5. The van der Waals surface area contributed by atoms with E-state index in [1.54, 1.807) is 0 Å². The molecule has 146 valence electrons. The fourth-order valence-corrected chi connectivity index (χ4v) is 4.54. The third kappa shape index (κ3) is 3.00. The van der Waals surface area contributed by atoms with Gasteiger partial charge in [0.1, 0.15) is 0 Å². The highest BCUT2D eigenvalue weighted by atomic mass is 15.0. The van der Waals surface area contributed by atoms with Crippen molar-refractivity contribution in [2.24, 2.45) is 0 Å². The Balaban J connectivity index is 0.000000994. The second-order valence-electron chi connectivity index (χ2n) is 7.14. The van der Waals surface area contributed by atoms with Gasteiger partial charge in [0, 0.05) is 33.6 Å². The van der Waals surface area contributed by atoms with Gasteiger partial charge in [0.2, 0.25) is 0 Å². The summed E-state index contributed by atoms with van der Waals surface area (Å²) in [5.41, 5.74) is 4.80. The number of fused-ring (bicyclic) bond motifs is 5. The zero-order chi connectivity index (χ0) is 20.4. The van der Waals surface area contributed by atoms with E-state index in [4.69, 9.17) is 0 Å². The lowest BCUT2D eigenvalue weighted by Crippen LogP contribution is -2.05. The van der Waals surface area contributed by atoms with Gasteiger partial charge in [0.25, 0.3) is 0 Å². The number of pyridine rings is 1. The molecule has 1 unspecified atom stereocenters. The minimum Gasteiger partial charge on any atom is -0.333 e. The highest BCUT2D eigenvalue weighted by Gasteiger charge is 2.22. The number of benzene rings is 2. The summed E-state index contributed by atoms with van der Waals surface area (Å²) in [7, 11) is 0. The molecule has 2 heteroatoms. The van der Waals surface area contributed by atoms with Crippen LogP contribution in [0.15, 0.2) is 67.4 Å². The van der Waals surface area contributed by atoms with Crippen LogP contribution in [-0.4, -0.2) is 9.55 Å². The first-order valence-electron chi connectivity index (χ1n) is 10.6. The number of rotatable bonds is 3. The molecule has 29 heavy (non-hydrogen) atoms. The number of allylic oxidation sites excluding steroid dienone is 3. The lowest BCUT2D eigenvalue weighted by atomic mass is 9.99. The van der Waals surface area contributed by atoms with Crippen molar-refractivity contribution in [2.45, 2.75) is 39.7 Å². The molecule has 1 aliphatic rings. The molecule has 0 amide bonds. The number of hydrogen-bond donors (Lipinski definition) is 0. The molecule has 0 saturated heterocycles. The number of aromatic nitrogens is 2. The third-order valence-electron chi connectivity index (χ3n) is 5.66. The fraction of sp³-hybridized carbons (Fsp3) is 0.222. The second-order valence-corrected chi connectivity index (χ2v) is 7.14. The standard InChI is InChI=1S/C25H22N2.C2H6/c1-3-8-21-22(4-2)27(18-10-5-6-11-18)23-15-14-20-19(24(21)23)13-12-17-9-7-16-26-25(17)20;1-2/h3-5,7-10,12-16,18H,2,6,11H2,1H3;1-2H3/b8-3-;. The van der Waals surface area contributed by atoms with E-state index in [9.17, 15) is 0 Å². The first-order chi connectivity index (χ1) is 14.3.